The average molecular weight is 141 g/mol. The van der Waals surface area contributed by atoms with Gasteiger partial charge >= 0.3 is 0 Å². The van der Waals surface area contributed by atoms with Crippen molar-refractivity contribution in [3.05, 3.63) is 24.3 Å². The Morgan fingerprint density at radius 1 is 1.50 bits per heavy atom. The average Bonchev–Trinajstić information content (AvgIpc) is 1.82. The van der Waals surface area contributed by atoms with Gasteiger partial charge in [-0.25, -0.2) is 0 Å². The summed E-state index contributed by atoms with van der Waals surface area (Å²) in [5.74, 6) is 0. The molecule has 1 radical (unpaired) electrons. The number of rotatable bonds is 4. The summed E-state index contributed by atoms with van der Waals surface area (Å²) in [5, 5.41) is 10.8. The SMILES string of the molecule is C=C(C)COC([O])C(=C)C. The fraction of sp³-hybridized carbons (Fsp3) is 0.500. The zero-order valence-electron chi connectivity index (χ0n) is 6.52. The normalized spacial score (nSPS) is 12.7. The second-order valence-corrected chi connectivity index (χ2v) is 2.45. The monoisotopic (exact) mass is 141 g/mol. The van der Waals surface area contributed by atoms with Crippen LogP contribution >= 0.6 is 0 Å². The Labute approximate surface area is 61.8 Å². The second-order valence-electron chi connectivity index (χ2n) is 2.45. The summed E-state index contributed by atoms with van der Waals surface area (Å²) in [6.45, 7) is 10.8. The van der Waals surface area contributed by atoms with Gasteiger partial charge in [0, 0.05) is 0 Å². The summed E-state index contributed by atoms with van der Waals surface area (Å²) < 4.78 is 4.81. The largest absolute Gasteiger partial charge is 0.342 e. The molecule has 0 aliphatic rings. The second kappa shape index (κ2) is 4.25. The van der Waals surface area contributed by atoms with Gasteiger partial charge in [-0.2, -0.15) is 5.11 Å². The molecule has 0 heterocycles. The molecular weight excluding hydrogens is 128 g/mol. The zero-order valence-corrected chi connectivity index (χ0v) is 6.52. The summed E-state index contributed by atoms with van der Waals surface area (Å²) in [4.78, 5) is 0. The first-order valence-electron chi connectivity index (χ1n) is 3.11. The first kappa shape index (κ1) is 9.40. The van der Waals surface area contributed by atoms with Crippen molar-refractivity contribution in [2.45, 2.75) is 20.1 Å². The molecule has 0 amide bonds. The molecule has 0 fully saturated rings. The van der Waals surface area contributed by atoms with E-state index in [9.17, 15) is 5.11 Å². The van der Waals surface area contributed by atoms with Crippen LogP contribution in [0.3, 0.4) is 0 Å². The fourth-order valence-corrected chi connectivity index (χ4v) is 0.360. The summed E-state index contributed by atoms with van der Waals surface area (Å²) >= 11 is 0. The van der Waals surface area contributed by atoms with Crippen molar-refractivity contribution >= 4 is 0 Å². The Balaban J connectivity index is 3.49. The molecule has 0 spiro atoms. The number of ether oxygens (including phenoxy) is 1. The number of hydrogen-bond donors (Lipinski definition) is 0. The third-order valence-corrected chi connectivity index (χ3v) is 0.883. The van der Waals surface area contributed by atoms with Gasteiger partial charge in [-0.05, 0) is 19.4 Å². The van der Waals surface area contributed by atoms with Crippen LogP contribution < -0.4 is 0 Å². The minimum absolute atomic E-state index is 0.320. The Morgan fingerprint density at radius 3 is 2.30 bits per heavy atom. The maximum Gasteiger partial charge on any atom is 0.213 e. The van der Waals surface area contributed by atoms with E-state index in [-0.39, 0.29) is 0 Å². The molecule has 0 N–H and O–H groups in total. The van der Waals surface area contributed by atoms with Gasteiger partial charge in [0.15, 0.2) is 0 Å². The first-order chi connectivity index (χ1) is 4.54. The van der Waals surface area contributed by atoms with Crippen molar-refractivity contribution < 1.29 is 9.84 Å². The minimum Gasteiger partial charge on any atom is -0.342 e. The van der Waals surface area contributed by atoms with Crippen LogP contribution in [-0.2, 0) is 9.84 Å². The van der Waals surface area contributed by atoms with Crippen molar-refractivity contribution in [2.24, 2.45) is 0 Å². The smallest absolute Gasteiger partial charge is 0.213 e. The van der Waals surface area contributed by atoms with Gasteiger partial charge < -0.3 is 4.74 Å². The van der Waals surface area contributed by atoms with Crippen LogP contribution in [0.15, 0.2) is 24.3 Å². The van der Waals surface area contributed by atoms with Crippen molar-refractivity contribution in [3.8, 4) is 0 Å². The molecule has 0 aromatic heterocycles. The van der Waals surface area contributed by atoms with Gasteiger partial charge in [0.1, 0.15) is 0 Å². The lowest BCUT2D eigenvalue weighted by Crippen LogP contribution is -2.11. The van der Waals surface area contributed by atoms with E-state index in [1.807, 2.05) is 6.92 Å². The highest BCUT2D eigenvalue weighted by molar-refractivity contribution is 4.94. The first-order valence-corrected chi connectivity index (χ1v) is 3.11. The molecule has 0 aliphatic heterocycles. The van der Waals surface area contributed by atoms with Gasteiger partial charge in [-0.1, -0.05) is 18.7 Å². The lowest BCUT2D eigenvalue weighted by Gasteiger charge is -2.08. The predicted molar refractivity (Wildman–Crippen MR) is 40.1 cm³/mol. The molecule has 2 heteroatoms. The molecule has 1 atom stereocenters. The molecule has 57 valence electrons. The van der Waals surface area contributed by atoms with Crippen molar-refractivity contribution in [1.29, 1.82) is 0 Å². The van der Waals surface area contributed by atoms with Gasteiger partial charge in [-0.3, -0.25) is 0 Å². The molecule has 0 rings (SSSR count). The summed E-state index contributed by atoms with van der Waals surface area (Å²) in [5.41, 5.74) is 1.35. The van der Waals surface area contributed by atoms with E-state index in [1.165, 1.54) is 0 Å². The van der Waals surface area contributed by atoms with Crippen LogP contribution in [0.4, 0.5) is 0 Å². The van der Waals surface area contributed by atoms with Crippen LogP contribution in [0.5, 0.6) is 0 Å². The van der Waals surface area contributed by atoms with Gasteiger partial charge in [0.05, 0.1) is 6.61 Å². The molecule has 0 aromatic rings. The van der Waals surface area contributed by atoms with Crippen LogP contribution in [0.2, 0.25) is 0 Å². The molecule has 0 aromatic carbocycles. The van der Waals surface area contributed by atoms with E-state index in [0.717, 1.165) is 5.57 Å². The van der Waals surface area contributed by atoms with E-state index in [1.54, 1.807) is 6.92 Å². The summed E-state index contributed by atoms with van der Waals surface area (Å²) in [6, 6.07) is 0. The van der Waals surface area contributed by atoms with Gasteiger partial charge in [0.25, 0.3) is 0 Å². The summed E-state index contributed by atoms with van der Waals surface area (Å²) in [7, 11) is 0. The Morgan fingerprint density at radius 2 is 2.00 bits per heavy atom. The highest BCUT2D eigenvalue weighted by atomic mass is 16.6. The van der Waals surface area contributed by atoms with E-state index in [4.69, 9.17) is 4.74 Å². The number of hydrogen-bond acceptors (Lipinski definition) is 1. The maximum atomic E-state index is 10.8. The van der Waals surface area contributed by atoms with Crippen molar-refractivity contribution in [1.82, 2.24) is 0 Å². The van der Waals surface area contributed by atoms with Crippen LogP contribution in [0, 0.1) is 0 Å². The molecule has 2 nitrogen and oxygen atoms in total. The van der Waals surface area contributed by atoms with Gasteiger partial charge in [0.2, 0.25) is 6.29 Å². The maximum absolute atomic E-state index is 10.8. The van der Waals surface area contributed by atoms with Crippen LogP contribution in [0.25, 0.3) is 0 Å². The van der Waals surface area contributed by atoms with Crippen LogP contribution in [-0.4, -0.2) is 12.9 Å². The lowest BCUT2D eigenvalue weighted by molar-refractivity contribution is -0.106. The third-order valence-electron chi connectivity index (χ3n) is 0.883. The Kier molecular flexibility index (Phi) is 4.00. The topological polar surface area (TPSA) is 29.1 Å². The Hall–Kier alpha value is -0.600. The predicted octanol–water partition coefficient (Wildman–Crippen LogP) is 1.91. The highest BCUT2D eigenvalue weighted by Crippen LogP contribution is 2.01. The molecular formula is C8H13O2. The molecule has 0 aliphatic carbocycles. The fourth-order valence-electron chi connectivity index (χ4n) is 0.360. The third kappa shape index (κ3) is 4.30. The van der Waals surface area contributed by atoms with Gasteiger partial charge in [-0.15, -0.1) is 0 Å². The molecule has 10 heavy (non-hydrogen) atoms. The van der Waals surface area contributed by atoms with Crippen molar-refractivity contribution in [3.63, 3.8) is 0 Å². The molecule has 1 unspecified atom stereocenters. The van der Waals surface area contributed by atoms with E-state index >= 15 is 0 Å². The van der Waals surface area contributed by atoms with E-state index in [2.05, 4.69) is 13.2 Å². The molecule has 0 saturated heterocycles. The van der Waals surface area contributed by atoms with Crippen LogP contribution in [0.1, 0.15) is 13.8 Å². The van der Waals surface area contributed by atoms with Crippen molar-refractivity contribution in [2.75, 3.05) is 6.61 Å². The minimum atomic E-state index is -1.10. The lowest BCUT2D eigenvalue weighted by atomic mass is 10.3. The molecule has 0 bridgehead atoms. The van der Waals surface area contributed by atoms with E-state index < -0.39 is 6.29 Å². The summed E-state index contributed by atoms with van der Waals surface area (Å²) in [6.07, 6.45) is -1.10. The highest BCUT2D eigenvalue weighted by Gasteiger charge is 2.04. The zero-order chi connectivity index (χ0) is 8.15. The Bertz CT molecular complexity index is 138. The quantitative estimate of drug-likeness (QED) is 0.434. The standard InChI is InChI=1S/C8H13O2/c1-6(2)5-10-8(9)7(3)4/h8H,1,3,5H2,2,4H3. The molecule has 0 saturated carbocycles. The van der Waals surface area contributed by atoms with E-state index in [0.29, 0.717) is 12.2 Å².